The molecule has 3 rings (SSSR count). The summed E-state index contributed by atoms with van der Waals surface area (Å²) in [6.45, 7) is 6.37. The number of methoxy groups -OCH3 is 1. The van der Waals surface area contributed by atoms with Gasteiger partial charge in [-0.2, -0.15) is 0 Å². The van der Waals surface area contributed by atoms with Crippen molar-refractivity contribution in [3.8, 4) is 11.5 Å². The molecule has 0 radical (unpaired) electrons. The first kappa shape index (κ1) is 24.0. The first-order valence-electron chi connectivity index (χ1n) is 10.6. The Morgan fingerprint density at radius 1 is 1.09 bits per heavy atom. The summed E-state index contributed by atoms with van der Waals surface area (Å²) >= 11 is 0. The fourth-order valence-electron chi connectivity index (χ4n) is 3.22. The van der Waals surface area contributed by atoms with Gasteiger partial charge in [-0.25, -0.2) is 9.59 Å². The zero-order valence-corrected chi connectivity index (χ0v) is 19.1. The van der Waals surface area contributed by atoms with Gasteiger partial charge in [0.2, 0.25) is 0 Å². The Morgan fingerprint density at radius 3 is 2.61 bits per heavy atom. The number of ether oxygens (including phenoxy) is 3. The number of carbonyl (C=O) groups excluding carboxylic acids is 2. The molecule has 0 aliphatic rings. The van der Waals surface area contributed by atoms with E-state index in [4.69, 9.17) is 18.6 Å². The predicted molar refractivity (Wildman–Crippen MR) is 123 cm³/mol. The summed E-state index contributed by atoms with van der Waals surface area (Å²) in [4.78, 5) is 36.7. The molecule has 33 heavy (non-hydrogen) atoms. The molecule has 0 fully saturated rings. The van der Waals surface area contributed by atoms with Crippen LogP contribution in [0.5, 0.6) is 11.5 Å². The van der Waals surface area contributed by atoms with Gasteiger partial charge >= 0.3 is 11.6 Å². The van der Waals surface area contributed by atoms with Gasteiger partial charge in [-0.05, 0) is 48.2 Å². The van der Waals surface area contributed by atoms with E-state index >= 15 is 0 Å². The highest BCUT2D eigenvalue weighted by Gasteiger charge is 2.15. The standard InChI is InChI=1S/C25H27NO7/c1-15(2)19-8-5-16(3)11-22(19)31-14-23(27)32-18-7-6-17-12-20(24(28)26-9-10-30-4)25(29)33-21(17)13-18/h5-8,11-13,15H,9-10,14H2,1-4H3,(H,26,28). The lowest BCUT2D eigenvalue weighted by Crippen LogP contribution is -2.30. The average Bonchev–Trinajstić information content (AvgIpc) is 2.77. The van der Waals surface area contributed by atoms with Crippen LogP contribution in [-0.2, 0) is 9.53 Å². The number of hydrogen-bond acceptors (Lipinski definition) is 7. The molecule has 2 aromatic carbocycles. The quantitative estimate of drug-likeness (QED) is 0.229. The third-order valence-corrected chi connectivity index (χ3v) is 4.91. The van der Waals surface area contributed by atoms with Crippen LogP contribution in [0.4, 0.5) is 0 Å². The third-order valence-electron chi connectivity index (χ3n) is 4.91. The first-order chi connectivity index (χ1) is 15.8. The number of rotatable bonds is 9. The third kappa shape index (κ3) is 6.20. The Hall–Kier alpha value is -3.65. The lowest BCUT2D eigenvalue weighted by atomic mass is 10.0. The molecule has 0 unspecified atom stereocenters. The first-order valence-corrected chi connectivity index (χ1v) is 10.6. The molecule has 0 atom stereocenters. The van der Waals surface area contributed by atoms with Crippen molar-refractivity contribution in [2.24, 2.45) is 0 Å². The molecular formula is C25H27NO7. The number of fused-ring (bicyclic) bond motifs is 1. The van der Waals surface area contributed by atoms with Crippen molar-refractivity contribution in [1.82, 2.24) is 5.32 Å². The Labute approximate surface area is 191 Å². The molecule has 0 saturated carbocycles. The van der Waals surface area contributed by atoms with Crippen LogP contribution in [0.25, 0.3) is 11.0 Å². The number of carbonyl (C=O) groups is 2. The number of esters is 1. The molecule has 0 bridgehead atoms. The van der Waals surface area contributed by atoms with Crippen molar-refractivity contribution >= 4 is 22.8 Å². The fraction of sp³-hybridized carbons (Fsp3) is 0.320. The molecule has 1 aromatic heterocycles. The summed E-state index contributed by atoms with van der Waals surface area (Å²) in [5.74, 6) is -0.0612. The summed E-state index contributed by atoms with van der Waals surface area (Å²) in [6, 6.07) is 11.9. The van der Waals surface area contributed by atoms with E-state index in [-0.39, 0.29) is 36.0 Å². The SMILES string of the molecule is COCCNC(=O)c1cc2ccc(OC(=O)COc3cc(C)ccc3C(C)C)cc2oc1=O. The second-order valence-corrected chi connectivity index (χ2v) is 7.85. The fourth-order valence-corrected chi connectivity index (χ4v) is 3.22. The Bertz CT molecular complexity index is 1210. The summed E-state index contributed by atoms with van der Waals surface area (Å²) in [6.07, 6.45) is 0. The van der Waals surface area contributed by atoms with Crippen LogP contribution in [0.1, 0.15) is 41.3 Å². The van der Waals surface area contributed by atoms with Crippen LogP contribution in [0.15, 0.2) is 51.7 Å². The number of benzene rings is 2. The summed E-state index contributed by atoms with van der Waals surface area (Å²) in [5.41, 5.74) is 1.32. The molecule has 0 aliphatic carbocycles. The maximum Gasteiger partial charge on any atom is 0.349 e. The van der Waals surface area contributed by atoms with Gasteiger partial charge < -0.3 is 23.9 Å². The van der Waals surface area contributed by atoms with Crippen molar-refractivity contribution in [3.05, 3.63) is 69.6 Å². The molecule has 8 heteroatoms. The highest BCUT2D eigenvalue weighted by molar-refractivity contribution is 5.96. The number of nitrogens with one attached hydrogen (secondary N) is 1. The van der Waals surface area contributed by atoms with E-state index in [0.717, 1.165) is 11.1 Å². The molecular weight excluding hydrogens is 426 g/mol. The molecule has 1 N–H and O–H groups in total. The number of hydrogen-bond donors (Lipinski definition) is 1. The second-order valence-electron chi connectivity index (χ2n) is 7.85. The van der Waals surface area contributed by atoms with Crippen LogP contribution >= 0.6 is 0 Å². The molecule has 8 nitrogen and oxygen atoms in total. The van der Waals surface area contributed by atoms with Crippen molar-refractivity contribution in [2.45, 2.75) is 26.7 Å². The van der Waals surface area contributed by atoms with E-state index in [1.165, 1.54) is 19.2 Å². The molecule has 1 amide bonds. The van der Waals surface area contributed by atoms with Crippen molar-refractivity contribution in [3.63, 3.8) is 0 Å². The average molecular weight is 453 g/mol. The normalized spacial score (nSPS) is 10.9. The summed E-state index contributed by atoms with van der Waals surface area (Å²) in [5, 5.41) is 3.09. The van der Waals surface area contributed by atoms with Gasteiger partial charge in [0.05, 0.1) is 6.61 Å². The summed E-state index contributed by atoms with van der Waals surface area (Å²) in [7, 11) is 1.51. The van der Waals surface area contributed by atoms with Gasteiger partial charge in [0.15, 0.2) is 6.61 Å². The lowest BCUT2D eigenvalue weighted by Gasteiger charge is -2.14. The Kier molecular flexibility index (Phi) is 7.84. The molecule has 174 valence electrons. The van der Waals surface area contributed by atoms with E-state index in [2.05, 4.69) is 5.32 Å². The zero-order valence-electron chi connectivity index (χ0n) is 19.1. The zero-order chi connectivity index (χ0) is 24.0. The molecule has 0 spiro atoms. The van der Waals surface area contributed by atoms with Gasteiger partial charge in [0.1, 0.15) is 22.6 Å². The monoisotopic (exact) mass is 453 g/mol. The van der Waals surface area contributed by atoms with Gasteiger partial charge in [-0.1, -0.05) is 26.0 Å². The maximum absolute atomic E-state index is 12.3. The van der Waals surface area contributed by atoms with E-state index in [0.29, 0.717) is 17.7 Å². The van der Waals surface area contributed by atoms with Gasteiger partial charge in [-0.15, -0.1) is 0 Å². The van der Waals surface area contributed by atoms with Crippen LogP contribution < -0.4 is 20.4 Å². The van der Waals surface area contributed by atoms with Crippen LogP contribution in [0, 0.1) is 6.92 Å². The number of amides is 1. The highest BCUT2D eigenvalue weighted by Crippen LogP contribution is 2.27. The van der Waals surface area contributed by atoms with Gasteiger partial charge in [0, 0.05) is 25.1 Å². The smallest absolute Gasteiger partial charge is 0.349 e. The van der Waals surface area contributed by atoms with Crippen molar-refractivity contribution in [2.75, 3.05) is 26.9 Å². The van der Waals surface area contributed by atoms with Crippen LogP contribution in [-0.4, -0.2) is 38.7 Å². The topological polar surface area (TPSA) is 104 Å². The molecule has 1 heterocycles. The van der Waals surface area contributed by atoms with Gasteiger partial charge in [-0.3, -0.25) is 4.79 Å². The molecule has 0 saturated heterocycles. The largest absolute Gasteiger partial charge is 0.482 e. The highest BCUT2D eigenvalue weighted by atomic mass is 16.6. The lowest BCUT2D eigenvalue weighted by molar-refractivity contribution is -0.136. The van der Waals surface area contributed by atoms with Crippen molar-refractivity contribution in [1.29, 1.82) is 0 Å². The van der Waals surface area contributed by atoms with Crippen molar-refractivity contribution < 1.29 is 28.2 Å². The number of aryl methyl sites for hydroxylation is 1. The Balaban J connectivity index is 1.69. The van der Waals surface area contributed by atoms with Gasteiger partial charge in [0.25, 0.3) is 5.91 Å². The van der Waals surface area contributed by atoms with E-state index in [9.17, 15) is 14.4 Å². The van der Waals surface area contributed by atoms with Crippen LogP contribution in [0.3, 0.4) is 0 Å². The van der Waals surface area contributed by atoms with E-state index < -0.39 is 17.5 Å². The molecule has 0 aliphatic heterocycles. The van der Waals surface area contributed by atoms with E-state index in [1.807, 2.05) is 39.0 Å². The second kappa shape index (κ2) is 10.8. The Morgan fingerprint density at radius 2 is 1.88 bits per heavy atom. The minimum Gasteiger partial charge on any atom is -0.482 e. The minimum atomic E-state index is -0.787. The van der Waals surface area contributed by atoms with Crippen LogP contribution in [0.2, 0.25) is 0 Å². The minimum absolute atomic E-state index is 0.115. The predicted octanol–water partition coefficient (Wildman–Crippen LogP) is 3.59. The van der Waals surface area contributed by atoms with E-state index in [1.54, 1.807) is 12.1 Å². The summed E-state index contributed by atoms with van der Waals surface area (Å²) < 4.78 is 21.2. The molecule has 3 aromatic rings. The maximum atomic E-state index is 12.3.